The molecule has 0 aliphatic heterocycles. The number of hydrogen-bond acceptors (Lipinski definition) is 4. The van der Waals surface area contributed by atoms with Gasteiger partial charge in [0.2, 0.25) is 0 Å². The van der Waals surface area contributed by atoms with Crippen molar-refractivity contribution in [3.8, 4) is 0 Å². The van der Waals surface area contributed by atoms with E-state index < -0.39 is 11.0 Å². The first kappa shape index (κ1) is 10.6. The summed E-state index contributed by atoms with van der Waals surface area (Å²) in [7, 11) is 1.35. The maximum Gasteiger partial charge on any atom is 0.314 e. The highest BCUT2D eigenvalue weighted by molar-refractivity contribution is 5.84. The van der Waals surface area contributed by atoms with Crippen LogP contribution in [0.2, 0.25) is 0 Å². The Morgan fingerprint density at radius 2 is 1.80 bits per heavy atom. The van der Waals surface area contributed by atoms with E-state index in [4.69, 9.17) is 4.74 Å². The van der Waals surface area contributed by atoms with Crippen LogP contribution >= 0.6 is 0 Å². The third kappa shape index (κ3) is 1.47. The van der Waals surface area contributed by atoms with Crippen LogP contribution in [0.4, 0.5) is 0 Å². The molecule has 0 atom stereocenters. The molecule has 2 fully saturated rings. The van der Waals surface area contributed by atoms with Gasteiger partial charge in [-0.1, -0.05) is 0 Å². The molecule has 4 nitrogen and oxygen atoms in total. The normalized spacial score (nSPS) is 27.2. The second-order valence-electron chi connectivity index (χ2n) is 4.64. The lowest BCUT2D eigenvalue weighted by Gasteiger charge is -2.37. The van der Waals surface area contributed by atoms with Gasteiger partial charge in [-0.3, -0.25) is 9.59 Å². The van der Waals surface area contributed by atoms with E-state index in [0.29, 0.717) is 38.5 Å². The highest BCUT2D eigenvalue weighted by Gasteiger charge is 2.65. The molecule has 2 aliphatic rings. The van der Waals surface area contributed by atoms with Crippen LogP contribution in [0, 0.1) is 5.41 Å². The van der Waals surface area contributed by atoms with Crippen LogP contribution in [-0.4, -0.2) is 29.6 Å². The fourth-order valence-corrected chi connectivity index (χ4v) is 2.60. The molecule has 2 rings (SSSR count). The lowest BCUT2D eigenvalue weighted by molar-refractivity contribution is -0.164. The van der Waals surface area contributed by atoms with Crippen LogP contribution in [-0.2, 0) is 14.3 Å². The molecule has 0 aromatic carbocycles. The Kier molecular flexibility index (Phi) is 2.34. The summed E-state index contributed by atoms with van der Waals surface area (Å²) in [4.78, 5) is 22.7. The quantitative estimate of drug-likeness (QED) is 0.688. The van der Waals surface area contributed by atoms with Crippen LogP contribution < -0.4 is 0 Å². The molecule has 0 saturated heterocycles. The van der Waals surface area contributed by atoms with E-state index in [9.17, 15) is 14.7 Å². The van der Waals surface area contributed by atoms with Gasteiger partial charge in [0.05, 0.1) is 18.1 Å². The van der Waals surface area contributed by atoms with Crippen molar-refractivity contribution in [2.75, 3.05) is 7.11 Å². The second kappa shape index (κ2) is 3.30. The summed E-state index contributed by atoms with van der Waals surface area (Å²) in [6.45, 7) is 0. The molecular formula is C11H16O4. The van der Waals surface area contributed by atoms with Gasteiger partial charge < -0.3 is 9.84 Å². The molecular weight excluding hydrogens is 196 g/mol. The van der Waals surface area contributed by atoms with Crippen LogP contribution in [0.3, 0.4) is 0 Å². The van der Waals surface area contributed by atoms with Crippen molar-refractivity contribution in [1.29, 1.82) is 0 Å². The fraction of sp³-hybridized carbons (Fsp3) is 0.818. The minimum Gasteiger partial charge on any atom is -0.469 e. The Morgan fingerprint density at radius 3 is 2.20 bits per heavy atom. The van der Waals surface area contributed by atoms with Crippen molar-refractivity contribution in [3.63, 3.8) is 0 Å². The first-order valence-corrected chi connectivity index (χ1v) is 5.37. The maximum absolute atomic E-state index is 11.6. The van der Waals surface area contributed by atoms with Gasteiger partial charge in [0, 0.05) is 12.8 Å². The Hall–Kier alpha value is -0.900. The van der Waals surface area contributed by atoms with Gasteiger partial charge in [-0.15, -0.1) is 0 Å². The molecule has 2 aliphatic carbocycles. The van der Waals surface area contributed by atoms with E-state index in [0.717, 1.165) is 0 Å². The third-order valence-corrected chi connectivity index (χ3v) is 3.85. The smallest absolute Gasteiger partial charge is 0.314 e. The monoisotopic (exact) mass is 212 g/mol. The Bertz CT molecular complexity index is 294. The van der Waals surface area contributed by atoms with Crippen LogP contribution in [0.15, 0.2) is 0 Å². The number of ketones is 1. The zero-order chi connectivity index (χ0) is 11.1. The number of hydrogen-bond donors (Lipinski definition) is 1. The lowest BCUT2D eigenvalue weighted by atomic mass is 9.73. The van der Waals surface area contributed by atoms with Gasteiger partial charge >= 0.3 is 5.97 Å². The van der Waals surface area contributed by atoms with E-state index in [-0.39, 0.29) is 11.8 Å². The lowest BCUT2D eigenvalue weighted by Crippen LogP contribution is -2.47. The molecule has 2 saturated carbocycles. The second-order valence-corrected chi connectivity index (χ2v) is 4.64. The molecule has 84 valence electrons. The summed E-state index contributed by atoms with van der Waals surface area (Å²) in [6.07, 6.45) is 2.95. The summed E-state index contributed by atoms with van der Waals surface area (Å²) in [5.74, 6) is -0.139. The van der Waals surface area contributed by atoms with Crippen molar-refractivity contribution >= 4 is 11.8 Å². The van der Waals surface area contributed by atoms with Gasteiger partial charge in [-0.25, -0.2) is 0 Å². The van der Waals surface area contributed by atoms with Gasteiger partial charge in [-0.2, -0.15) is 0 Å². The zero-order valence-corrected chi connectivity index (χ0v) is 8.91. The van der Waals surface area contributed by atoms with Crippen molar-refractivity contribution in [2.45, 2.75) is 44.1 Å². The molecule has 0 aromatic rings. The number of rotatable bonds is 2. The molecule has 4 heteroatoms. The third-order valence-electron chi connectivity index (χ3n) is 3.85. The van der Waals surface area contributed by atoms with Crippen LogP contribution in [0.5, 0.6) is 0 Å². The fourth-order valence-electron chi connectivity index (χ4n) is 2.60. The van der Waals surface area contributed by atoms with Gasteiger partial charge in [0.15, 0.2) is 0 Å². The topological polar surface area (TPSA) is 63.6 Å². The SMILES string of the molecule is COC(=O)C1(C2(O)CCC(=O)CC2)CC1. The van der Waals surface area contributed by atoms with E-state index in [1.807, 2.05) is 0 Å². The van der Waals surface area contributed by atoms with Crippen molar-refractivity contribution < 1.29 is 19.4 Å². The van der Waals surface area contributed by atoms with E-state index in [1.54, 1.807) is 0 Å². The minimum absolute atomic E-state index is 0.181. The van der Waals surface area contributed by atoms with Crippen molar-refractivity contribution in [3.05, 3.63) is 0 Å². The number of Topliss-reactive ketones (excluding diaryl/α,β-unsaturated/α-hetero) is 1. The number of methoxy groups -OCH3 is 1. The molecule has 0 unspecified atom stereocenters. The highest BCUT2D eigenvalue weighted by atomic mass is 16.5. The maximum atomic E-state index is 11.6. The number of esters is 1. The van der Waals surface area contributed by atoms with Crippen molar-refractivity contribution in [2.24, 2.45) is 5.41 Å². The van der Waals surface area contributed by atoms with Gasteiger partial charge in [0.25, 0.3) is 0 Å². The zero-order valence-electron chi connectivity index (χ0n) is 8.91. The van der Waals surface area contributed by atoms with E-state index >= 15 is 0 Å². The first-order chi connectivity index (χ1) is 7.04. The van der Waals surface area contributed by atoms with E-state index in [1.165, 1.54) is 7.11 Å². The average Bonchev–Trinajstić information content (AvgIpc) is 3.03. The van der Waals surface area contributed by atoms with Gasteiger partial charge in [0.1, 0.15) is 5.78 Å². The number of carbonyl (C=O) groups excluding carboxylic acids is 2. The molecule has 0 amide bonds. The number of carbonyl (C=O) groups is 2. The summed E-state index contributed by atoms with van der Waals surface area (Å²) in [6, 6.07) is 0. The molecule has 1 N–H and O–H groups in total. The predicted octanol–water partition coefficient (Wildman–Crippen LogP) is 0.814. The summed E-state index contributed by atoms with van der Waals surface area (Å²) in [5, 5.41) is 10.4. The largest absolute Gasteiger partial charge is 0.469 e. The molecule has 0 radical (unpaired) electrons. The molecule has 0 spiro atoms. The highest BCUT2D eigenvalue weighted by Crippen LogP contribution is 2.59. The van der Waals surface area contributed by atoms with Crippen LogP contribution in [0.1, 0.15) is 38.5 Å². The average molecular weight is 212 g/mol. The predicted molar refractivity (Wildman–Crippen MR) is 52.1 cm³/mol. The molecule has 0 bridgehead atoms. The van der Waals surface area contributed by atoms with Crippen molar-refractivity contribution in [1.82, 2.24) is 0 Å². The molecule has 15 heavy (non-hydrogen) atoms. The Labute approximate surface area is 88.6 Å². The molecule has 0 aromatic heterocycles. The summed E-state index contributed by atoms with van der Waals surface area (Å²) in [5.41, 5.74) is -1.71. The van der Waals surface area contributed by atoms with E-state index in [2.05, 4.69) is 0 Å². The standard InChI is InChI=1S/C11H16O4/c1-15-9(13)10(6-7-10)11(14)4-2-8(12)3-5-11/h14H,2-7H2,1H3. The molecule has 0 heterocycles. The Morgan fingerprint density at radius 1 is 1.27 bits per heavy atom. The van der Waals surface area contributed by atoms with Crippen LogP contribution in [0.25, 0.3) is 0 Å². The van der Waals surface area contributed by atoms with Gasteiger partial charge in [-0.05, 0) is 25.7 Å². The number of ether oxygens (including phenoxy) is 1. The number of aliphatic hydroxyl groups is 1. The summed E-state index contributed by atoms with van der Waals surface area (Å²) >= 11 is 0. The summed E-state index contributed by atoms with van der Waals surface area (Å²) < 4.78 is 4.74. The minimum atomic E-state index is -1.01. The first-order valence-electron chi connectivity index (χ1n) is 5.37. The Balaban J connectivity index is 2.15.